The van der Waals surface area contributed by atoms with Crippen LogP contribution in [0.5, 0.6) is 11.5 Å². The molecule has 0 fully saturated rings. The number of halogens is 6. The van der Waals surface area contributed by atoms with Gasteiger partial charge in [-0.25, -0.2) is 0 Å². The molecule has 0 radical (unpaired) electrons. The largest absolute Gasteiger partial charge is 0.487 e. The van der Waals surface area contributed by atoms with Crippen LogP contribution in [-0.2, 0) is 17.4 Å². The zero-order chi connectivity index (χ0) is 30.5. The van der Waals surface area contributed by atoms with Crippen molar-refractivity contribution in [3.8, 4) is 11.5 Å². The number of ether oxygens (including phenoxy) is 2. The van der Waals surface area contributed by atoms with Gasteiger partial charge in [-0.2, -0.15) is 26.3 Å². The quantitative estimate of drug-likeness (QED) is 0.132. The number of esters is 1. The molecule has 230 valence electrons. The second-order valence-corrected chi connectivity index (χ2v) is 12.4. The highest BCUT2D eigenvalue weighted by molar-refractivity contribution is 5.72. The Kier molecular flexibility index (Phi) is 11.8. The zero-order valence-electron chi connectivity index (χ0n) is 25.0. The summed E-state index contributed by atoms with van der Waals surface area (Å²) in [5.41, 5.74) is -0.985. The molecule has 1 heterocycles. The maximum Gasteiger partial charge on any atom is 0.420 e. The molecule has 0 spiro atoms. The molecule has 0 amide bonds. The van der Waals surface area contributed by atoms with Gasteiger partial charge in [-0.1, -0.05) is 52.9 Å². The first-order chi connectivity index (χ1) is 18.4. The average Bonchev–Trinajstić information content (AvgIpc) is 2.78. The summed E-state index contributed by atoms with van der Waals surface area (Å²) < 4.78 is 94.1. The van der Waals surface area contributed by atoms with Gasteiger partial charge in [0.1, 0.15) is 22.7 Å². The molecule has 1 aromatic rings. The lowest BCUT2D eigenvalue weighted by Crippen LogP contribution is -2.38. The van der Waals surface area contributed by atoms with E-state index in [1.807, 2.05) is 27.7 Å². The Morgan fingerprint density at radius 2 is 1.50 bits per heavy atom. The number of benzene rings is 1. The summed E-state index contributed by atoms with van der Waals surface area (Å²) in [5.74, 6) is -1.59. The van der Waals surface area contributed by atoms with E-state index in [9.17, 15) is 31.1 Å². The fraction of sp³-hybridized carbons (Fsp3) is 0.774. The summed E-state index contributed by atoms with van der Waals surface area (Å²) in [6, 6.07) is 0. The van der Waals surface area contributed by atoms with Crippen LogP contribution in [0.1, 0.15) is 121 Å². The van der Waals surface area contributed by atoms with E-state index < -0.39 is 35.4 Å². The van der Waals surface area contributed by atoms with Gasteiger partial charge in [0.25, 0.3) is 0 Å². The number of alkyl halides is 6. The summed E-state index contributed by atoms with van der Waals surface area (Å²) in [5, 5.41) is 0. The standard InChI is InChI=1S/C31H46F6O3/c1-19(2)11-8-14-24(30(32,33)34)15-9-12-20(3)13-10-17-29(7)18-16-25-21(4)27(39-23(6)38)22(5)26(28(25)40-29)31(35,36)37/h19-20,24H,8-18H2,1-7H3. The zero-order valence-corrected chi connectivity index (χ0v) is 25.0. The fourth-order valence-corrected chi connectivity index (χ4v) is 5.86. The lowest BCUT2D eigenvalue weighted by molar-refractivity contribution is -0.179. The molecule has 3 nitrogen and oxygen atoms in total. The van der Waals surface area contributed by atoms with Crippen LogP contribution < -0.4 is 9.47 Å². The third-order valence-electron chi connectivity index (χ3n) is 8.24. The average molecular weight is 581 g/mol. The van der Waals surface area contributed by atoms with Crippen LogP contribution in [0.4, 0.5) is 26.3 Å². The molecule has 0 aromatic heterocycles. The first-order valence-corrected chi connectivity index (χ1v) is 14.5. The Balaban J connectivity index is 2.00. The first-order valence-electron chi connectivity index (χ1n) is 14.5. The highest BCUT2D eigenvalue weighted by Gasteiger charge is 2.44. The second kappa shape index (κ2) is 13.8. The van der Waals surface area contributed by atoms with E-state index >= 15 is 0 Å². The highest BCUT2D eigenvalue weighted by Crippen LogP contribution is 2.50. The third-order valence-corrected chi connectivity index (χ3v) is 8.24. The third kappa shape index (κ3) is 9.57. The summed E-state index contributed by atoms with van der Waals surface area (Å²) >= 11 is 0. The Morgan fingerprint density at radius 1 is 0.925 bits per heavy atom. The van der Waals surface area contributed by atoms with Crippen molar-refractivity contribution in [2.75, 3.05) is 0 Å². The van der Waals surface area contributed by atoms with Gasteiger partial charge in [0, 0.05) is 18.1 Å². The van der Waals surface area contributed by atoms with Crippen LogP contribution in [0, 0.1) is 31.6 Å². The molecular weight excluding hydrogens is 534 g/mol. The molecule has 1 aliphatic heterocycles. The predicted molar refractivity (Wildman–Crippen MR) is 145 cm³/mol. The van der Waals surface area contributed by atoms with Gasteiger partial charge in [-0.15, -0.1) is 0 Å². The molecule has 1 aromatic carbocycles. The van der Waals surface area contributed by atoms with E-state index in [1.54, 1.807) is 6.92 Å². The highest BCUT2D eigenvalue weighted by atomic mass is 19.4. The molecule has 1 aliphatic rings. The summed E-state index contributed by atoms with van der Waals surface area (Å²) in [6.45, 7) is 12.0. The number of hydrogen-bond acceptors (Lipinski definition) is 3. The van der Waals surface area contributed by atoms with E-state index in [2.05, 4.69) is 0 Å². The van der Waals surface area contributed by atoms with E-state index in [-0.39, 0.29) is 35.8 Å². The molecule has 0 N–H and O–H groups in total. The molecule has 2 rings (SSSR count). The number of carbonyl (C=O) groups excluding carboxylic acids is 1. The van der Waals surface area contributed by atoms with Crippen LogP contribution in [0.25, 0.3) is 0 Å². The van der Waals surface area contributed by atoms with Crippen molar-refractivity contribution < 1.29 is 40.6 Å². The van der Waals surface area contributed by atoms with Crippen LogP contribution in [-0.4, -0.2) is 17.7 Å². The lowest BCUT2D eigenvalue weighted by Gasteiger charge is -2.39. The molecule has 0 aliphatic carbocycles. The van der Waals surface area contributed by atoms with Gasteiger partial charge in [0.15, 0.2) is 0 Å². The molecule has 40 heavy (non-hydrogen) atoms. The summed E-state index contributed by atoms with van der Waals surface area (Å²) in [7, 11) is 0. The smallest absolute Gasteiger partial charge is 0.420 e. The normalized spacial score (nSPS) is 19.2. The minimum atomic E-state index is -4.69. The molecule has 3 atom stereocenters. The number of hydrogen-bond donors (Lipinski definition) is 0. The number of rotatable bonds is 13. The van der Waals surface area contributed by atoms with Crippen molar-refractivity contribution in [3.63, 3.8) is 0 Å². The van der Waals surface area contributed by atoms with Crippen molar-refractivity contribution in [2.24, 2.45) is 17.8 Å². The lowest BCUT2D eigenvalue weighted by atomic mass is 9.83. The van der Waals surface area contributed by atoms with Gasteiger partial charge in [-0.05, 0) is 76.7 Å². The van der Waals surface area contributed by atoms with E-state index in [0.29, 0.717) is 62.0 Å². The summed E-state index contributed by atoms with van der Waals surface area (Å²) in [4.78, 5) is 11.5. The van der Waals surface area contributed by atoms with Crippen molar-refractivity contribution >= 4 is 5.97 Å². The Bertz CT molecular complexity index is 999. The van der Waals surface area contributed by atoms with E-state index in [1.165, 1.54) is 6.92 Å². The van der Waals surface area contributed by atoms with Gasteiger partial charge in [-0.3, -0.25) is 4.79 Å². The Hall–Kier alpha value is -1.93. The molecule has 0 bridgehead atoms. The van der Waals surface area contributed by atoms with Crippen LogP contribution in [0.3, 0.4) is 0 Å². The fourth-order valence-electron chi connectivity index (χ4n) is 5.86. The van der Waals surface area contributed by atoms with E-state index in [4.69, 9.17) is 9.47 Å². The maximum absolute atomic E-state index is 14.2. The minimum Gasteiger partial charge on any atom is -0.487 e. The Morgan fingerprint density at radius 3 is 2.02 bits per heavy atom. The predicted octanol–water partition coefficient (Wildman–Crippen LogP) is 10.3. The van der Waals surface area contributed by atoms with Gasteiger partial charge < -0.3 is 9.47 Å². The maximum atomic E-state index is 14.2. The summed E-state index contributed by atoms with van der Waals surface area (Å²) in [6.07, 6.45) is -3.09. The van der Waals surface area contributed by atoms with E-state index in [0.717, 1.165) is 19.8 Å². The van der Waals surface area contributed by atoms with Gasteiger partial charge in [0.2, 0.25) is 0 Å². The minimum absolute atomic E-state index is 0.0627. The topological polar surface area (TPSA) is 35.5 Å². The van der Waals surface area contributed by atoms with Gasteiger partial charge >= 0.3 is 18.3 Å². The van der Waals surface area contributed by atoms with Crippen LogP contribution >= 0.6 is 0 Å². The van der Waals surface area contributed by atoms with Gasteiger partial charge in [0.05, 0.1) is 5.92 Å². The van der Waals surface area contributed by atoms with Crippen molar-refractivity contribution in [1.82, 2.24) is 0 Å². The first kappa shape index (κ1) is 34.3. The molecular formula is C31H46F6O3. The second-order valence-electron chi connectivity index (χ2n) is 12.4. The van der Waals surface area contributed by atoms with Crippen LogP contribution in [0.2, 0.25) is 0 Å². The van der Waals surface area contributed by atoms with Crippen LogP contribution in [0.15, 0.2) is 0 Å². The molecule has 9 heteroatoms. The number of carbonyl (C=O) groups is 1. The SMILES string of the molecule is CC(=O)Oc1c(C)c2c(c(C(F)(F)F)c1C)OC(C)(CCCC(C)CCCC(CCCC(C)C)C(F)(F)F)CC2. The molecule has 3 unspecified atom stereocenters. The molecule has 0 saturated carbocycles. The van der Waals surface area contributed by atoms with Crippen molar-refractivity contribution in [3.05, 3.63) is 22.3 Å². The molecule has 0 saturated heterocycles. The van der Waals surface area contributed by atoms with Crippen molar-refractivity contribution in [1.29, 1.82) is 0 Å². The number of fused-ring (bicyclic) bond motifs is 1. The Labute approximate surface area is 235 Å². The monoisotopic (exact) mass is 580 g/mol. The van der Waals surface area contributed by atoms with Crippen molar-refractivity contribution in [2.45, 2.75) is 137 Å².